The zero-order valence-electron chi connectivity index (χ0n) is 15.5. The average molecular weight is 358 g/mol. The first-order valence-electron chi connectivity index (χ1n) is 8.47. The normalized spacial score (nSPS) is 15.8. The van der Waals surface area contributed by atoms with E-state index in [-0.39, 0.29) is 12.8 Å². The van der Waals surface area contributed by atoms with Gasteiger partial charge in [0.2, 0.25) is 0 Å². The lowest BCUT2D eigenvalue weighted by molar-refractivity contribution is -0.155. The van der Waals surface area contributed by atoms with Crippen molar-refractivity contribution < 1.29 is 23.9 Å². The van der Waals surface area contributed by atoms with Gasteiger partial charge in [-0.25, -0.2) is 4.79 Å². The van der Waals surface area contributed by atoms with Gasteiger partial charge in [0.05, 0.1) is 6.61 Å². The number of piperazine rings is 1. The van der Waals surface area contributed by atoms with E-state index in [0.717, 1.165) is 0 Å². The minimum Gasteiger partial charge on any atom is -0.460 e. The summed E-state index contributed by atoms with van der Waals surface area (Å²) in [5.41, 5.74) is 9.59. The summed E-state index contributed by atoms with van der Waals surface area (Å²) in [4.78, 5) is 39.0. The summed E-state index contributed by atoms with van der Waals surface area (Å²) >= 11 is 0. The largest absolute Gasteiger partial charge is 0.460 e. The van der Waals surface area contributed by atoms with Gasteiger partial charge < -0.3 is 30.7 Å². The molecule has 2 amide bonds. The summed E-state index contributed by atoms with van der Waals surface area (Å²) in [7, 11) is 0. The Labute approximate surface area is 148 Å². The van der Waals surface area contributed by atoms with Crippen molar-refractivity contribution in [2.24, 2.45) is 11.5 Å². The van der Waals surface area contributed by atoms with Crippen molar-refractivity contribution in [2.45, 2.75) is 51.8 Å². The van der Waals surface area contributed by atoms with E-state index in [0.29, 0.717) is 32.8 Å². The maximum atomic E-state index is 12.5. The molecule has 0 radical (unpaired) electrons. The fourth-order valence-corrected chi connectivity index (χ4v) is 2.41. The number of hydrogen-bond acceptors (Lipinski definition) is 7. The second kappa shape index (κ2) is 8.48. The van der Waals surface area contributed by atoms with Crippen LogP contribution in [0.3, 0.4) is 0 Å². The zero-order valence-corrected chi connectivity index (χ0v) is 15.5. The lowest BCUT2D eigenvalue weighted by Crippen LogP contribution is -2.64. The van der Waals surface area contributed by atoms with E-state index >= 15 is 0 Å². The lowest BCUT2D eigenvalue weighted by atomic mass is 10.0. The summed E-state index contributed by atoms with van der Waals surface area (Å²) in [6.45, 7) is 8.67. The second-order valence-corrected chi connectivity index (χ2v) is 7.10. The van der Waals surface area contributed by atoms with Crippen LogP contribution in [0, 0.1) is 0 Å². The number of esters is 1. The molecule has 0 spiro atoms. The van der Waals surface area contributed by atoms with E-state index in [2.05, 4.69) is 0 Å². The van der Waals surface area contributed by atoms with Crippen molar-refractivity contribution in [1.82, 2.24) is 9.80 Å². The first kappa shape index (κ1) is 21.2. The van der Waals surface area contributed by atoms with Crippen molar-refractivity contribution in [3.05, 3.63) is 0 Å². The Kier molecular flexibility index (Phi) is 7.18. The molecule has 1 rings (SSSR count). The molecule has 0 atom stereocenters. The van der Waals surface area contributed by atoms with Crippen molar-refractivity contribution in [3.63, 3.8) is 0 Å². The standard InChI is InChI=1S/C16H30N4O5/c1-5-24-14(23)20-10-8-19(9-11-20)13(22)16(17,18)7-6-12(21)25-15(2,3)4/h5-11,17-18H2,1-4H3. The fraction of sp³-hybridized carbons (Fsp3) is 0.812. The number of amides is 2. The molecule has 0 bridgehead atoms. The minimum atomic E-state index is -1.65. The third kappa shape index (κ3) is 6.87. The number of carbonyl (C=O) groups excluding carboxylic acids is 3. The summed E-state index contributed by atoms with van der Waals surface area (Å²) < 4.78 is 10.1. The lowest BCUT2D eigenvalue weighted by Gasteiger charge is -2.37. The summed E-state index contributed by atoms with van der Waals surface area (Å²) in [6, 6.07) is 0. The highest BCUT2D eigenvalue weighted by molar-refractivity contribution is 5.86. The quantitative estimate of drug-likeness (QED) is 0.524. The van der Waals surface area contributed by atoms with Crippen LogP contribution in [0.25, 0.3) is 0 Å². The van der Waals surface area contributed by atoms with Crippen molar-refractivity contribution in [3.8, 4) is 0 Å². The number of nitrogens with two attached hydrogens (primary N) is 2. The molecule has 0 aromatic carbocycles. The smallest absolute Gasteiger partial charge is 0.409 e. The Hall–Kier alpha value is -1.87. The minimum absolute atomic E-state index is 0.0150. The molecule has 0 aliphatic carbocycles. The van der Waals surface area contributed by atoms with Crippen LogP contribution in [0.4, 0.5) is 4.79 Å². The van der Waals surface area contributed by atoms with Crippen LogP contribution in [0.5, 0.6) is 0 Å². The molecule has 0 aromatic rings. The van der Waals surface area contributed by atoms with Gasteiger partial charge in [0.15, 0.2) is 0 Å². The van der Waals surface area contributed by atoms with Crippen LogP contribution in [0.1, 0.15) is 40.5 Å². The van der Waals surface area contributed by atoms with Gasteiger partial charge in [-0.15, -0.1) is 0 Å². The zero-order chi connectivity index (χ0) is 19.3. The Morgan fingerprint density at radius 3 is 2.00 bits per heavy atom. The molecule has 0 aromatic heterocycles. The second-order valence-electron chi connectivity index (χ2n) is 7.10. The van der Waals surface area contributed by atoms with Gasteiger partial charge in [0, 0.05) is 32.6 Å². The molecule has 4 N–H and O–H groups in total. The van der Waals surface area contributed by atoms with E-state index < -0.39 is 29.2 Å². The third-order valence-electron chi connectivity index (χ3n) is 3.65. The topological polar surface area (TPSA) is 128 Å². The fourth-order valence-electron chi connectivity index (χ4n) is 2.41. The first-order valence-corrected chi connectivity index (χ1v) is 8.47. The number of nitrogens with zero attached hydrogens (tertiary/aromatic N) is 2. The number of carbonyl (C=O) groups is 3. The summed E-state index contributed by atoms with van der Waals surface area (Å²) in [5.74, 6) is -0.896. The molecular formula is C16H30N4O5. The molecule has 1 saturated heterocycles. The summed E-state index contributed by atoms with van der Waals surface area (Å²) in [6.07, 6.45) is -0.455. The Morgan fingerprint density at radius 1 is 1.00 bits per heavy atom. The van der Waals surface area contributed by atoms with Crippen LogP contribution in [-0.4, -0.2) is 71.8 Å². The average Bonchev–Trinajstić information content (AvgIpc) is 2.51. The van der Waals surface area contributed by atoms with Crippen LogP contribution in [0.2, 0.25) is 0 Å². The predicted octanol–water partition coefficient (Wildman–Crippen LogP) is 0.0227. The molecule has 1 aliphatic rings. The molecule has 1 heterocycles. The van der Waals surface area contributed by atoms with Crippen LogP contribution >= 0.6 is 0 Å². The summed E-state index contributed by atoms with van der Waals surface area (Å²) in [5, 5.41) is 0. The highest BCUT2D eigenvalue weighted by atomic mass is 16.6. The molecule has 25 heavy (non-hydrogen) atoms. The van der Waals surface area contributed by atoms with Crippen LogP contribution < -0.4 is 11.5 Å². The Balaban J connectivity index is 2.50. The van der Waals surface area contributed by atoms with Gasteiger partial charge >= 0.3 is 12.1 Å². The van der Waals surface area contributed by atoms with E-state index in [1.54, 1.807) is 27.7 Å². The van der Waals surface area contributed by atoms with Gasteiger partial charge in [0.25, 0.3) is 5.91 Å². The van der Waals surface area contributed by atoms with Crippen molar-refractivity contribution >= 4 is 18.0 Å². The van der Waals surface area contributed by atoms with E-state index in [1.165, 1.54) is 9.80 Å². The van der Waals surface area contributed by atoms with Gasteiger partial charge in [0.1, 0.15) is 11.3 Å². The number of ether oxygens (including phenoxy) is 2. The highest BCUT2D eigenvalue weighted by Crippen LogP contribution is 2.14. The van der Waals surface area contributed by atoms with E-state index in [1.807, 2.05) is 0 Å². The molecular weight excluding hydrogens is 328 g/mol. The number of rotatable bonds is 5. The SMILES string of the molecule is CCOC(=O)N1CCN(C(=O)C(N)(N)CCC(=O)OC(C)(C)C)CC1. The van der Waals surface area contributed by atoms with Gasteiger partial charge in [-0.05, 0) is 34.1 Å². The molecule has 0 saturated carbocycles. The maximum absolute atomic E-state index is 12.5. The Bertz CT molecular complexity index is 493. The Morgan fingerprint density at radius 2 is 1.52 bits per heavy atom. The highest BCUT2D eigenvalue weighted by Gasteiger charge is 2.36. The van der Waals surface area contributed by atoms with Gasteiger partial charge in [-0.3, -0.25) is 9.59 Å². The molecule has 1 aliphatic heterocycles. The molecule has 9 heteroatoms. The van der Waals surface area contributed by atoms with Gasteiger partial charge in [-0.2, -0.15) is 0 Å². The van der Waals surface area contributed by atoms with E-state index in [4.69, 9.17) is 20.9 Å². The van der Waals surface area contributed by atoms with E-state index in [9.17, 15) is 14.4 Å². The van der Waals surface area contributed by atoms with Crippen molar-refractivity contribution in [2.75, 3.05) is 32.8 Å². The van der Waals surface area contributed by atoms with Crippen LogP contribution in [-0.2, 0) is 19.1 Å². The molecule has 0 unspecified atom stereocenters. The molecule has 144 valence electrons. The van der Waals surface area contributed by atoms with Gasteiger partial charge in [-0.1, -0.05) is 0 Å². The predicted molar refractivity (Wildman–Crippen MR) is 91.4 cm³/mol. The first-order chi connectivity index (χ1) is 11.5. The maximum Gasteiger partial charge on any atom is 0.409 e. The molecule has 1 fully saturated rings. The van der Waals surface area contributed by atoms with Crippen LogP contribution in [0.15, 0.2) is 0 Å². The molecule has 9 nitrogen and oxygen atoms in total. The monoisotopic (exact) mass is 358 g/mol. The number of hydrogen-bond donors (Lipinski definition) is 2. The third-order valence-corrected chi connectivity index (χ3v) is 3.65. The van der Waals surface area contributed by atoms with Crippen molar-refractivity contribution in [1.29, 1.82) is 0 Å².